The first-order valence-corrected chi connectivity index (χ1v) is 9.68. The van der Waals surface area contributed by atoms with Gasteiger partial charge in [0.25, 0.3) is 0 Å². The smallest absolute Gasteiger partial charge is 0.244 e. The molecular formula is C20H24N6O. The lowest BCUT2D eigenvalue weighted by Gasteiger charge is -2.34. The van der Waals surface area contributed by atoms with E-state index in [0.717, 1.165) is 61.4 Å². The van der Waals surface area contributed by atoms with Crippen molar-refractivity contribution in [1.29, 1.82) is 0 Å². The number of H-pyrrole nitrogens is 1. The number of carbonyl (C=O) groups excluding carboxylic acids is 1. The number of rotatable bonds is 3. The summed E-state index contributed by atoms with van der Waals surface area (Å²) in [5.74, 6) is 1.75. The van der Waals surface area contributed by atoms with E-state index in [4.69, 9.17) is 4.98 Å². The molecule has 0 aliphatic carbocycles. The fourth-order valence-electron chi connectivity index (χ4n) is 4.46. The van der Waals surface area contributed by atoms with Crippen molar-refractivity contribution in [3.05, 3.63) is 42.5 Å². The number of amides is 1. The van der Waals surface area contributed by atoms with Crippen molar-refractivity contribution in [3.63, 3.8) is 0 Å². The molecular weight excluding hydrogens is 340 g/mol. The second-order valence-electron chi connectivity index (χ2n) is 7.62. The minimum Gasteiger partial charge on any atom is -0.342 e. The number of nitrogens with zero attached hydrogens (tertiary/aromatic N) is 5. The van der Waals surface area contributed by atoms with Crippen LogP contribution in [-0.2, 0) is 11.8 Å². The Kier molecular flexibility index (Phi) is 3.97. The predicted molar refractivity (Wildman–Crippen MR) is 104 cm³/mol. The van der Waals surface area contributed by atoms with Gasteiger partial charge in [-0.2, -0.15) is 5.10 Å². The zero-order chi connectivity index (χ0) is 18.4. The molecule has 0 bridgehead atoms. The van der Waals surface area contributed by atoms with E-state index in [1.165, 1.54) is 0 Å². The van der Waals surface area contributed by atoms with Gasteiger partial charge in [-0.1, -0.05) is 12.1 Å². The lowest BCUT2D eigenvalue weighted by molar-refractivity contribution is -0.122. The van der Waals surface area contributed by atoms with Crippen LogP contribution in [0, 0.1) is 0 Å². The summed E-state index contributed by atoms with van der Waals surface area (Å²) in [4.78, 5) is 25.4. The van der Waals surface area contributed by atoms with E-state index >= 15 is 0 Å². The number of aromatic nitrogens is 4. The molecule has 2 aromatic heterocycles. The number of likely N-dealkylation sites (tertiary alicyclic amines) is 1. The van der Waals surface area contributed by atoms with E-state index < -0.39 is 0 Å². The van der Waals surface area contributed by atoms with Crippen LogP contribution in [0.2, 0.25) is 0 Å². The molecule has 27 heavy (non-hydrogen) atoms. The van der Waals surface area contributed by atoms with E-state index in [2.05, 4.69) is 27.1 Å². The normalized spacial score (nSPS) is 22.2. The van der Waals surface area contributed by atoms with E-state index in [-0.39, 0.29) is 11.9 Å². The molecule has 0 saturated carbocycles. The number of imidazole rings is 1. The van der Waals surface area contributed by atoms with Gasteiger partial charge < -0.3 is 9.88 Å². The van der Waals surface area contributed by atoms with Crippen LogP contribution in [0.1, 0.15) is 31.0 Å². The summed E-state index contributed by atoms with van der Waals surface area (Å²) in [6.45, 7) is 2.66. The number of anilines is 1. The fourth-order valence-corrected chi connectivity index (χ4v) is 4.46. The van der Waals surface area contributed by atoms with Gasteiger partial charge in [0.1, 0.15) is 5.82 Å². The molecule has 2 fully saturated rings. The van der Waals surface area contributed by atoms with Crippen molar-refractivity contribution in [3.8, 4) is 0 Å². The second kappa shape index (κ2) is 6.49. The van der Waals surface area contributed by atoms with Crippen LogP contribution in [0.25, 0.3) is 11.0 Å². The highest BCUT2D eigenvalue weighted by Gasteiger charge is 2.38. The average Bonchev–Trinajstić information content (AvgIpc) is 3.39. The van der Waals surface area contributed by atoms with Crippen molar-refractivity contribution in [2.75, 3.05) is 24.5 Å². The summed E-state index contributed by atoms with van der Waals surface area (Å²) in [6.07, 6.45) is 6.65. The molecule has 0 radical (unpaired) electrons. The first-order chi connectivity index (χ1) is 13.2. The molecule has 4 heterocycles. The standard InChI is InChI=1S/C20H24N6O/c1-24-13-15(12-21-24)26-11-8-18(20(26)27)25-9-6-14(7-10-25)19-22-16-4-2-3-5-17(16)23-19/h2-5,12-14,18H,6-11H2,1H3,(H,22,23)/t18-/m1/s1. The first kappa shape index (κ1) is 16.5. The molecule has 1 N–H and O–H groups in total. The number of aromatic amines is 1. The number of hydrogen-bond donors (Lipinski definition) is 1. The molecule has 0 unspecified atom stereocenters. The van der Waals surface area contributed by atoms with Gasteiger partial charge in [0.05, 0.1) is 29.0 Å². The number of aryl methyl sites for hydroxylation is 1. The third kappa shape index (κ3) is 2.92. The van der Waals surface area contributed by atoms with Crippen LogP contribution in [0.15, 0.2) is 36.7 Å². The largest absolute Gasteiger partial charge is 0.342 e. The zero-order valence-corrected chi connectivity index (χ0v) is 15.5. The maximum atomic E-state index is 12.9. The quantitative estimate of drug-likeness (QED) is 0.774. The molecule has 3 aromatic rings. The lowest BCUT2D eigenvalue weighted by Crippen LogP contribution is -2.45. The molecule has 2 aliphatic rings. The van der Waals surface area contributed by atoms with E-state index in [9.17, 15) is 4.79 Å². The van der Waals surface area contributed by atoms with Gasteiger partial charge in [0, 0.05) is 25.7 Å². The van der Waals surface area contributed by atoms with Crippen molar-refractivity contribution >= 4 is 22.6 Å². The number of nitrogens with one attached hydrogen (secondary N) is 1. The number of para-hydroxylation sites is 2. The van der Waals surface area contributed by atoms with Gasteiger partial charge in [-0.05, 0) is 44.5 Å². The fraction of sp³-hybridized carbons (Fsp3) is 0.450. The summed E-state index contributed by atoms with van der Waals surface area (Å²) in [5, 5.41) is 4.19. The topological polar surface area (TPSA) is 70.1 Å². The van der Waals surface area contributed by atoms with Gasteiger partial charge >= 0.3 is 0 Å². The summed E-state index contributed by atoms with van der Waals surface area (Å²) < 4.78 is 1.74. The van der Waals surface area contributed by atoms with Gasteiger partial charge in [-0.15, -0.1) is 0 Å². The van der Waals surface area contributed by atoms with Crippen LogP contribution in [0.3, 0.4) is 0 Å². The predicted octanol–water partition coefficient (Wildman–Crippen LogP) is 2.28. The Balaban J connectivity index is 1.24. The Morgan fingerprint density at radius 2 is 1.93 bits per heavy atom. The van der Waals surface area contributed by atoms with E-state index in [0.29, 0.717) is 5.92 Å². The van der Waals surface area contributed by atoms with E-state index in [1.54, 1.807) is 10.9 Å². The van der Waals surface area contributed by atoms with Crippen molar-refractivity contribution in [1.82, 2.24) is 24.6 Å². The van der Waals surface area contributed by atoms with Crippen molar-refractivity contribution in [2.24, 2.45) is 7.05 Å². The molecule has 2 aliphatic heterocycles. The Bertz CT molecular complexity index is 935. The maximum absolute atomic E-state index is 12.9. The Hall–Kier alpha value is -2.67. The second-order valence-corrected chi connectivity index (χ2v) is 7.62. The third-order valence-electron chi connectivity index (χ3n) is 5.94. The Morgan fingerprint density at radius 3 is 2.67 bits per heavy atom. The molecule has 1 amide bonds. The summed E-state index contributed by atoms with van der Waals surface area (Å²) in [5.41, 5.74) is 3.04. The monoisotopic (exact) mass is 364 g/mol. The molecule has 7 heteroatoms. The molecule has 140 valence electrons. The van der Waals surface area contributed by atoms with Gasteiger partial charge in [0.15, 0.2) is 0 Å². The van der Waals surface area contributed by atoms with E-state index in [1.807, 2.05) is 30.3 Å². The molecule has 0 spiro atoms. The van der Waals surface area contributed by atoms with Crippen LogP contribution in [-0.4, -0.2) is 56.2 Å². The van der Waals surface area contributed by atoms with Crippen LogP contribution >= 0.6 is 0 Å². The third-order valence-corrected chi connectivity index (χ3v) is 5.94. The molecule has 1 atom stereocenters. The maximum Gasteiger partial charge on any atom is 0.244 e. The Morgan fingerprint density at radius 1 is 1.11 bits per heavy atom. The number of piperidine rings is 1. The summed E-state index contributed by atoms with van der Waals surface area (Å²) in [6, 6.07) is 8.18. The Labute approximate surface area is 158 Å². The van der Waals surface area contributed by atoms with Crippen LogP contribution < -0.4 is 4.90 Å². The lowest BCUT2D eigenvalue weighted by atomic mass is 9.95. The number of carbonyl (C=O) groups is 1. The zero-order valence-electron chi connectivity index (χ0n) is 15.5. The first-order valence-electron chi connectivity index (χ1n) is 9.68. The number of hydrogen-bond acceptors (Lipinski definition) is 4. The van der Waals surface area contributed by atoms with Gasteiger partial charge in [-0.25, -0.2) is 4.98 Å². The summed E-state index contributed by atoms with van der Waals surface area (Å²) in [7, 11) is 1.88. The van der Waals surface area contributed by atoms with Gasteiger partial charge in [-0.3, -0.25) is 14.4 Å². The number of benzene rings is 1. The SMILES string of the molecule is Cn1cc(N2CC[C@@H](N3CCC(c4nc5ccccc5[nH]4)CC3)C2=O)cn1. The minimum absolute atomic E-state index is 0.00169. The van der Waals surface area contributed by atoms with Gasteiger partial charge in [0.2, 0.25) is 5.91 Å². The molecule has 7 nitrogen and oxygen atoms in total. The van der Waals surface area contributed by atoms with Crippen molar-refractivity contribution in [2.45, 2.75) is 31.2 Å². The minimum atomic E-state index is 0.00169. The van der Waals surface area contributed by atoms with Crippen LogP contribution in [0.4, 0.5) is 5.69 Å². The molecule has 1 aromatic carbocycles. The van der Waals surface area contributed by atoms with Crippen LogP contribution in [0.5, 0.6) is 0 Å². The molecule has 5 rings (SSSR count). The van der Waals surface area contributed by atoms with Crippen molar-refractivity contribution < 1.29 is 4.79 Å². The highest BCUT2D eigenvalue weighted by atomic mass is 16.2. The average molecular weight is 364 g/mol. The number of fused-ring (bicyclic) bond motifs is 1. The summed E-state index contributed by atoms with van der Waals surface area (Å²) >= 11 is 0. The highest BCUT2D eigenvalue weighted by molar-refractivity contribution is 5.99. The highest BCUT2D eigenvalue weighted by Crippen LogP contribution is 2.31. The molecule has 2 saturated heterocycles.